The summed E-state index contributed by atoms with van der Waals surface area (Å²) in [6.07, 6.45) is 0.501. The summed E-state index contributed by atoms with van der Waals surface area (Å²) in [6.45, 7) is 4.49. The lowest BCUT2D eigenvalue weighted by atomic mass is 10.1. The zero-order valence-corrected chi connectivity index (χ0v) is 18.2. The zero-order valence-electron chi connectivity index (χ0n) is 16.7. The number of nitrogens with one attached hydrogen (secondary N) is 1. The predicted molar refractivity (Wildman–Crippen MR) is 117 cm³/mol. The number of likely N-dealkylation sites (N-methyl/N-ethyl adjacent to an activating group) is 1. The Morgan fingerprint density at radius 1 is 1.07 bits per heavy atom. The lowest BCUT2D eigenvalue weighted by Crippen LogP contribution is -2.49. The summed E-state index contributed by atoms with van der Waals surface area (Å²) in [7, 11) is 0. The molecule has 0 radical (unpaired) electrons. The molecule has 0 unspecified atom stereocenters. The van der Waals surface area contributed by atoms with Gasteiger partial charge in [0.15, 0.2) is 0 Å². The van der Waals surface area contributed by atoms with Crippen molar-refractivity contribution >= 4 is 35.2 Å². The lowest BCUT2D eigenvalue weighted by Gasteiger charge is -2.30. The minimum absolute atomic E-state index is 0.119. The van der Waals surface area contributed by atoms with Crippen LogP contribution in [0.3, 0.4) is 0 Å². The number of hydrogen-bond acceptors (Lipinski definition) is 3. The Morgan fingerprint density at radius 2 is 1.69 bits per heavy atom. The molecule has 156 valence electrons. The molecule has 0 aliphatic carbocycles. The first kappa shape index (κ1) is 23.2. The molecule has 7 heteroatoms. The van der Waals surface area contributed by atoms with Crippen molar-refractivity contribution in [2.45, 2.75) is 38.6 Å². The number of carbonyl (C=O) groups is 2. The topological polar surface area (TPSA) is 49.4 Å². The SMILES string of the molecule is CCNC(=O)[C@@H](CC)N(Cc1ccc(F)cc1)C(=O)CSCc1ccc(Cl)cc1. The Hall–Kier alpha value is -2.05. The molecule has 0 spiro atoms. The van der Waals surface area contributed by atoms with Gasteiger partial charge in [-0.05, 0) is 48.7 Å². The molecule has 29 heavy (non-hydrogen) atoms. The molecule has 0 fully saturated rings. The van der Waals surface area contributed by atoms with Crippen LogP contribution in [0.1, 0.15) is 31.4 Å². The van der Waals surface area contributed by atoms with E-state index in [-0.39, 0.29) is 29.9 Å². The van der Waals surface area contributed by atoms with Gasteiger partial charge in [-0.25, -0.2) is 4.39 Å². The van der Waals surface area contributed by atoms with Crippen LogP contribution in [-0.2, 0) is 21.9 Å². The predicted octanol–water partition coefficient (Wildman–Crippen LogP) is 4.66. The van der Waals surface area contributed by atoms with Crippen molar-refractivity contribution in [1.82, 2.24) is 10.2 Å². The number of benzene rings is 2. The summed E-state index contributed by atoms with van der Waals surface area (Å²) < 4.78 is 13.2. The maximum atomic E-state index is 13.2. The van der Waals surface area contributed by atoms with E-state index in [2.05, 4.69) is 5.32 Å². The summed E-state index contributed by atoms with van der Waals surface area (Å²) >= 11 is 7.39. The maximum absolute atomic E-state index is 13.2. The first-order valence-corrected chi connectivity index (χ1v) is 11.1. The third-order valence-corrected chi connectivity index (χ3v) is 5.65. The largest absolute Gasteiger partial charge is 0.355 e. The van der Waals surface area contributed by atoms with Crippen LogP contribution in [0.25, 0.3) is 0 Å². The third kappa shape index (κ3) is 7.37. The second-order valence-corrected chi connectivity index (χ2v) is 8.01. The van der Waals surface area contributed by atoms with Crippen LogP contribution < -0.4 is 5.32 Å². The van der Waals surface area contributed by atoms with Gasteiger partial charge in [0.1, 0.15) is 11.9 Å². The fraction of sp³-hybridized carbons (Fsp3) is 0.364. The average molecular weight is 437 g/mol. The minimum Gasteiger partial charge on any atom is -0.355 e. The normalized spacial score (nSPS) is 11.7. The molecule has 0 saturated carbocycles. The van der Waals surface area contributed by atoms with E-state index < -0.39 is 6.04 Å². The molecule has 0 aliphatic rings. The summed E-state index contributed by atoms with van der Waals surface area (Å²) in [5, 5.41) is 3.48. The number of amides is 2. The molecule has 1 N–H and O–H groups in total. The highest BCUT2D eigenvalue weighted by atomic mass is 35.5. The zero-order chi connectivity index (χ0) is 21.2. The van der Waals surface area contributed by atoms with Gasteiger partial charge in [-0.1, -0.05) is 42.8 Å². The van der Waals surface area contributed by atoms with Gasteiger partial charge in [0.25, 0.3) is 0 Å². The van der Waals surface area contributed by atoms with Crippen LogP contribution in [0.5, 0.6) is 0 Å². The van der Waals surface area contributed by atoms with Crippen LogP contribution in [0.2, 0.25) is 5.02 Å². The fourth-order valence-electron chi connectivity index (χ4n) is 2.92. The van der Waals surface area contributed by atoms with Crippen LogP contribution >= 0.6 is 23.4 Å². The number of carbonyl (C=O) groups excluding carboxylic acids is 2. The van der Waals surface area contributed by atoms with Gasteiger partial charge < -0.3 is 10.2 Å². The van der Waals surface area contributed by atoms with E-state index in [0.29, 0.717) is 23.7 Å². The average Bonchev–Trinajstić information content (AvgIpc) is 2.71. The highest BCUT2D eigenvalue weighted by Gasteiger charge is 2.28. The quantitative estimate of drug-likeness (QED) is 0.589. The summed E-state index contributed by atoms with van der Waals surface area (Å²) in [6, 6.07) is 12.9. The summed E-state index contributed by atoms with van der Waals surface area (Å²) in [5.74, 6) is 0.297. The molecular formula is C22H26ClFN2O2S. The Morgan fingerprint density at radius 3 is 2.28 bits per heavy atom. The Balaban J connectivity index is 2.08. The van der Waals surface area contributed by atoms with E-state index in [9.17, 15) is 14.0 Å². The van der Waals surface area contributed by atoms with Crippen LogP contribution in [-0.4, -0.2) is 35.1 Å². The smallest absolute Gasteiger partial charge is 0.242 e. The van der Waals surface area contributed by atoms with E-state index in [1.165, 1.54) is 23.9 Å². The Kier molecular flexibility index (Phi) is 9.48. The van der Waals surface area contributed by atoms with E-state index in [0.717, 1.165) is 11.1 Å². The second-order valence-electron chi connectivity index (χ2n) is 6.59. The molecule has 0 aromatic heterocycles. The van der Waals surface area contributed by atoms with Gasteiger partial charge in [0.2, 0.25) is 11.8 Å². The lowest BCUT2D eigenvalue weighted by molar-refractivity contribution is -0.139. The summed E-state index contributed by atoms with van der Waals surface area (Å²) in [5.41, 5.74) is 1.86. The van der Waals surface area contributed by atoms with Crippen molar-refractivity contribution in [2.24, 2.45) is 0 Å². The van der Waals surface area contributed by atoms with Crippen LogP contribution in [0.15, 0.2) is 48.5 Å². The number of nitrogens with zero attached hydrogens (tertiary/aromatic N) is 1. The monoisotopic (exact) mass is 436 g/mol. The summed E-state index contributed by atoms with van der Waals surface area (Å²) in [4.78, 5) is 27.1. The van der Waals surface area contributed by atoms with Crippen molar-refractivity contribution in [2.75, 3.05) is 12.3 Å². The molecule has 0 aliphatic heterocycles. The second kappa shape index (κ2) is 11.8. The highest BCUT2D eigenvalue weighted by Crippen LogP contribution is 2.18. The van der Waals surface area contributed by atoms with Crippen molar-refractivity contribution in [3.63, 3.8) is 0 Å². The standard InChI is InChI=1S/C22H26ClFN2O2S/c1-3-20(22(28)25-4-2)26(13-16-7-11-19(24)12-8-16)21(27)15-29-14-17-5-9-18(23)10-6-17/h5-12,20H,3-4,13-15H2,1-2H3,(H,25,28)/t20-/m1/s1. The van der Waals surface area contributed by atoms with E-state index in [4.69, 9.17) is 11.6 Å². The molecule has 2 aromatic carbocycles. The fourth-order valence-corrected chi connectivity index (χ4v) is 3.91. The molecule has 0 saturated heterocycles. The van der Waals surface area contributed by atoms with Gasteiger partial charge in [-0.15, -0.1) is 11.8 Å². The number of hydrogen-bond donors (Lipinski definition) is 1. The maximum Gasteiger partial charge on any atom is 0.242 e. The third-order valence-electron chi connectivity index (χ3n) is 4.41. The molecular weight excluding hydrogens is 411 g/mol. The van der Waals surface area contributed by atoms with Crippen LogP contribution in [0, 0.1) is 5.82 Å². The van der Waals surface area contributed by atoms with Gasteiger partial charge >= 0.3 is 0 Å². The number of rotatable bonds is 10. The van der Waals surface area contributed by atoms with Gasteiger partial charge in [-0.3, -0.25) is 9.59 Å². The van der Waals surface area contributed by atoms with E-state index in [1.54, 1.807) is 17.0 Å². The molecule has 0 bridgehead atoms. The van der Waals surface area contributed by atoms with E-state index >= 15 is 0 Å². The molecule has 4 nitrogen and oxygen atoms in total. The van der Waals surface area contributed by atoms with Gasteiger partial charge in [-0.2, -0.15) is 0 Å². The Labute approximate surface area is 180 Å². The number of halogens is 2. The molecule has 2 amide bonds. The van der Waals surface area contributed by atoms with Crippen molar-refractivity contribution in [1.29, 1.82) is 0 Å². The van der Waals surface area contributed by atoms with Crippen molar-refractivity contribution < 1.29 is 14.0 Å². The first-order valence-electron chi connectivity index (χ1n) is 9.58. The first-order chi connectivity index (χ1) is 13.9. The highest BCUT2D eigenvalue weighted by molar-refractivity contribution is 7.99. The minimum atomic E-state index is -0.566. The Bertz CT molecular complexity index is 799. The van der Waals surface area contributed by atoms with Gasteiger partial charge in [0, 0.05) is 23.9 Å². The molecule has 0 heterocycles. The number of thioether (sulfide) groups is 1. The van der Waals surface area contributed by atoms with Gasteiger partial charge in [0.05, 0.1) is 5.75 Å². The van der Waals surface area contributed by atoms with Crippen molar-refractivity contribution in [3.05, 3.63) is 70.5 Å². The van der Waals surface area contributed by atoms with Crippen LogP contribution in [0.4, 0.5) is 4.39 Å². The molecule has 2 rings (SSSR count). The van der Waals surface area contributed by atoms with Crippen molar-refractivity contribution in [3.8, 4) is 0 Å². The van der Waals surface area contributed by atoms with E-state index in [1.807, 2.05) is 38.1 Å². The molecule has 2 aromatic rings. The molecule has 1 atom stereocenters.